The second kappa shape index (κ2) is 9.63. The lowest BCUT2D eigenvalue weighted by atomic mass is 9.98. The molecule has 1 saturated heterocycles. The molecule has 1 aliphatic rings. The zero-order valence-corrected chi connectivity index (χ0v) is 19.6. The highest BCUT2D eigenvalue weighted by Gasteiger charge is 2.29. The number of benzene rings is 1. The van der Waals surface area contributed by atoms with Crippen LogP contribution in [0.4, 0.5) is 0 Å². The number of piperidine rings is 1. The molecule has 3 rings (SSSR count). The third-order valence-corrected chi connectivity index (χ3v) is 8.04. The fourth-order valence-electron chi connectivity index (χ4n) is 3.42. The van der Waals surface area contributed by atoms with Gasteiger partial charge in [0, 0.05) is 31.3 Å². The van der Waals surface area contributed by atoms with Gasteiger partial charge in [-0.1, -0.05) is 11.3 Å². The van der Waals surface area contributed by atoms with Crippen LogP contribution in [0.5, 0.6) is 0 Å². The molecule has 0 atom stereocenters. The number of ether oxygens (including phenoxy) is 1. The van der Waals surface area contributed by atoms with Crippen LogP contribution in [0, 0.1) is 5.92 Å². The summed E-state index contributed by atoms with van der Waals surface area (Å²) in [5.41, 5.74) is 1.37. The van der Waals surface area contributed by atoms with Crippen molar-refractivity contribution in [2.45, 2.75) is 19.4 Å². The number of rotatable bonds is 6. The lowest BCUT2D eigenvalue weighted by Crippen LogP contribution is -2.39. The molecule has 0 aliphatic carbocycles. The molecular weight excluding hydrogens is 446 g/mol. The highest BCUT2D eigenvalue weighted by Crippen LogP contribution is 2.22. The third kappa shape index (κ3) is 5.13. The first-order valence-corrected chi connectivity index (χ1v) is 13.5. The Labute approximate surface area is 184 Å². The van der Waals surface area contributed by atoms with Crippen LogP contribution in [0.25, 0.3) is 10.2 Å². The molecule has 0 spiro atoms. The number of carbonyl (C=O) groups excluding carboxylic acids is 2. The van der Waals surface area contributed by atoms with Gasteiger partial charge in [-0.25, -0.2) is 17.5 Å². The maximum atomic E-state index is 12.8. The molecule has 2 aromatic rings. The molecular formula is C19H25N3O5S3. The van der Waals surface area contributed by atoms with Crippen LogP contribution >= 0.6 is 23.1 Å². The summed E-state index contributed by atoms with van der Waals surface area (Å²) in [4.78, 5) is 29.7. The lowest BCUT2D eigenvalue weighted by Gasteiger charge is -2.28. The zero-order chi connectivity index (χ0) is 21.9. The maximum Gasteiger partial charge on any atom is 0.337 e. The highest BCUT2D eigenvalue weighted by molar-refractivity contribution is 7.98. The van der Waals surface area contributed by atoms with E-state index in [-0.39, 0.29) is 11.8 Å². The van der Waals surface area contributed by atoms with Crippen molar-refractivity contribution in [2.75, 3.05) is 38.5 Å². The number of aromatic nitrogens is 1. The quantitative estimate of drug-likeness (QED) is 0.598. The van der Waals surface area contributed by atoms with Crippen LogP contribution in [-0.4, -0.2) is 67.6 Å². The number of amides is 1. The Kier molecular flexibility index (Phi) is 7.38. The van der Waals surface area contributed by atoms with Crippen molar-refractivity contribution in [2.24, 2.45) is 10.9 Å². The number of aryl methyl sites for hydroxylation is 1. The Bertz CT molecular complexity index is 1110. The number of sulfonamides is 1. The van der Waals surface area contributed by atoms with E-state index in [0.717, 1.165) is 16.0 Å². The minimum absolute atomic E-state index is 0.221. The van der Waals surface area contributed by atoms with Gasteiger partial charge in [-0.15, -0.1) is 0 Å². The molecule has 8 nitrogen and oxygen atoms in total. The number of fused-ring (bicyclic) bond motifs is 1. The smallest absolute Gasteiger partial charge is 0.337 e. The van der Waals surface area contributed by atoms with Crippen LogP contribution in [0.15, 0.2) is 23.2 Å². The van der Waals surface area contributed by atoms with E-state index >= 15 is 0 Å². The van der Waals surface area contributed by atoms with Crippen molar-refractivity contribution in [3.8, 4) is 0 Å². The second-order valence-corrected chi connectivity index (χ2v) is 11.1. The van der Waals surface area contributed by atoms with Gasteiger partial charge >= 0.3 is 5.97 Å². The number of carbonyl (C=O) groups is 2. The van der Waals surface area contributed by atoms with E-state index < -0.39 is 16.0 Å². The Morgan fingerprint density at radius 2 is 2.00 bits per heavy atom. The molecule has 11 heteroatoms. The monoisotopic (exact) mass is 471 g/mol. The number of methoxy groups -OCH3 is 1. The average molecular weight is 472 g/mol. The fraction of sp³-hybridized carbons (Fsp3) is 0.526. The van der Waals surface area contributed by atoms with Crippen molar-refractivity contribution in [1.82, 2.24) is 8.87 Å². The fourth-order valence-corrected chi connectivity index (χ4v) is 5.76. The van der Waals surface area contributed by atoms with Gasteiger partial charge in [0.15, 0.2) is 4.80 Å². The molecule has 0 radical (unpaired) electrons. The van der Waals surface area contributed by atoms with Gasteiger partial charge in [-0.2, -0.15) is 16.8 Å². The van der Waals surface area contributed by atoms with Crippen LogP contribution in [-0.2, 0) is 26.1 Å². The molecule has 0 unspecified atom stereocenters. The summed E-state index contributed by atoms with van der Waals surface area (Å²) in [5.74, 6) is -0.0552. The number of esters is 1. The van der Waals surface area contributed by atoms with Crippen LogP contribution in [0.1, 0.15) is 23.2 Å². The number of thioether (sulfide) groups is 1. The summed E-state index contributed by atoms with van der Waals surface area (Å²) < 4.78 is 32.4. The number of hydrogen-bond donors (Lipinski definition) is 0. The summed E-state index contributed by atoms with van der Waals surface area (Å²) in [7, 11) is -1.89. The topological polar surface area (TPSA) is 98.0 Å². The molecule has 164 valence electrons. The predicted molar refractivity (Wildman–Crippen MR) is 119 cm³/mol. The van der Waals surface area contributed by atoms with Crippen molar-refractivity contribution in [1.29, 1.82) is 0 Å². The van der Waals surface area contributed by atoms with E-state index in [1.807, 2.05) is 16.9 Å². The average Bonchev–Trinajstić information content (AvgIpc) is 3.07. The van der Waals surface area contributed by atoms with E-state index in [9.17, 15) is 18.0 Å². The van der Waals surface area contributed by atoms with Gasteiger partial charge in [-0.3, -0.25) is 4.79 Å². The molecule has 2 heterocycles. The summed E-state index contributed by atoms with van der Waals surface area (Å²) in [5, 5.41) is 0. The van der Waals surface area contributed by atoms with E-state index in [1.165, 1.54) is 29.0 Å². The SMILES string of the molecule is COC(=O)c1ccc2c(c1)sc(=NC(=O)C1CCN(S(C)(=O)=O)CC1)n2CCSC. The zero-order valence-electron chi connectivity index (χ0n) is 17.2. The van der Waals surface area contributed by atoms with Gasteiger partial charge in [0.05, 0.1) is 29.1 Å². The van der Waals surface area contributed by atoms with Crippen molar-refractivity contribution < 1.29 is 22.7 Å². The van der Waals surface area contributed by atoms with Gasteiger partial charge in [-0.05, 0) is 37.3 Å². The standard InChI is InChI=1S/C19H25N3O5S3/c1-27-18(24)14-4-5-15-16(12-14)29-19(22(15)10-11-28-2)20-17(23)13-6-8-21(9-7-13)30(3,25)26/h4-5,12-13H,6-11H2,1-3H3. The van der Waals surface area contributed by atoms with E-state index in [2.05, 4.69) is 4.99 Å². The van der Waals surface area contributed by atoms with Crippen molar-refractivity contribution >= 4 is 55.2 Å². The molecule has 1 aromatic carbocycles. The minimum Gasteiger partial charge on any atom is -0.465 e. The molecule has 0 bridgehead atoms. The molecule has 0 N–H and O–H groups in total. The van der Waals surface area contributed by atoms with E-state index in [4.69, 9.17) is 4.74 Å². The van der Waals surface area contributed by atoms with Gasteiger partial charge in [0.1, 0.15) is 0 Å². The number of nitrogens with zero attached hydrogens (tertiary/aromatic N) is 3. The first-order valence-electron chi connectivity index (χ1n) is 9.49. The maximum absolute atomic E-state index is 12.8. The third-order valence-electron chi connectivity index (χ3n) is 5.10. The molecule has 30 heavy (non-hydrogen) atoms. The van der Waals surface area contributed by atoms with Crippen molar-refractivity contribution in [3.63, 3.8) is 0 Å². The molecule has 1 fully saturated rings. The van der Waals surface area contributed by atoms with Crippen LogP contribution in [0.3, 0.4) is 0 Å². The largest absolute Gasteiger partial charge is 0.465 e. The van der Waals surface area contributed by atoms with Crippen LogP contribution in [0.2, 0.25) is 0 Å². The Balaban J connectivity index is 1.92. The van der Waals surface area contributed by atoms with Crippen molar-refractivity contribution in [3.05, 3.63) is 28.6 Å². The molecule has 1 amide bonds. The first kappa shape index (κ1) is 23.0. The summed E-state index contributed by atoms with van der Waals surface area (Å²) in [6.07, 6.45) is 4.14. The van der Waals surface area contributed by atoms with E-state index in [1.54, 1.807) is 23.9 Å². The number of thiazole rings is 1. The Hall–Kier alpha value is -1.69. The number of hydrogen-bond acceptors (Lipinski definition) is 7. The molecule has 0 saturated carbocycles. The van der Waals surface area contributed by atoms with Gasteiger partial charge in [0.2, 0.25) is 10.0 Å². The first-order chi connectivity index (χ1) is 14.2. The predicted octanol–water partition coefficient (Wildman–Crippen LogP) is 1.95. The molecule has 1 aromatic heterocycles. The van der Waals surface area contributed by atoms with Gasteiger partial charge < -0.3 is 9.30 Å². The highest BCUT2D eigenvalue weighted by atomic mass is 32.2. The summed E-state index contributed by atoms with van der Waals surface area (Å²) in [6.45, 7) is 1.37. The van der Waals surface area contributed by atoms with E-state index in [0.29, 0.717) is 42.8 Å². The Morgan fingerprint density at radius 1 is 1.30 bits per heavy atom. The van der Waals surface area contributed by atoms with Crippen LogP contribution < -0.4 is 4.80 Å². The summed E-state index contributed by atoms with van der Waals surface area (Å²) >= 11 is 3.06. The lowest BCUT2D eigenvalue weighted by molar-refractivity contribution is -0.122. The summed E-state index contributed by atoms with van der Waals surface area (Å²) in [6, 6.07) is 5.32. The second-order valence-electron chi connectivity index (χ2n) is 7.09. The molecule has 1 aliphatic heterocycles. The van der Waals surface area contributed by atoms with Gasteiger partial charge in [0.25, 0.3) is 5.91 Å². The minimum atomic E-state index is -3.23. The normalized spacial score (nSPS) is 16.8. The Morgan fingerprint density at radius 3 is 2.60 bits per heavy atom.